The summed E-state index contributed by atoms with van der Waals surface area (Å²) in [6.07, 6.45) is 1.88. The Morgan fingerprint density at radius 2 is 1.85 bits per heavy atom. The summed E-state index contributed by atoms with van der Waals surface area (Å²) in [6, 6.07) is 4.50. The van der Waals surface area contributed by atoms with Crippen LogP contribution in [-0.4, -0.2) is 76.2 Å². The van der Waals surface area contributed by atoms with E-state index in [1.165, 1.54) is 12.1 Å². The molecule has 0 radical (unpaired) electrons. The number of anilines is 1. The van der Waals surface area contributed by atoms with E-state index in [0.29, 0.717) is 11.6 Å². The average molecular weight is 403 g/mol. The summed E-state index contributed by atoms with van der Waals surface area (Å²) in [4.78, 5) is 17.2. The molecule has 0 unspecified atom stereocenters. The van der Waals surface area contributed by atoms with Gasteiger partial charge in [0.15, 0.2) is 0 Å². The molecule has 1 fully saturated rings. The van der Waals surface area contributed by atoms with Crippen LogP contribution < -0.4 is 10.0 Å². The summed E-state index contributed by atoms with van der Waals surface area (Å²) in [5.41, 5.74) is 0.449. The van der Waals surface area contributed by atoms with E-state index in [1.54, 1.807) is 6.07 Å². The third kappa shape index (κ3) is 6.75. The number of amides is 1. The van der Waals surface area contributed by atoms with Gasteiger partial charge in [-0.2, -0.15) is 0 Å². The van der Waals surface area contributed by atoms with E-state index in [2.05, 4.69) is 26.8 Å². The van der Waals surface area contributed by atoms with E-state index < -0.39 is 10.0 Å². The summed E-state index contributed by atoms with van der Waals surface area (Å²) in [5.74, 6) is -0.338. The summed E-state index contributed by atoms with van der Waals surface area (Å²) in [6.45, 7) is 9.01. The van der Waals surface area contributed by atoms with Gasteiger partial charge in [0.05, 0.1) is 17.5 Å². The molecule has 2 N–H and O–H groups in total. The van der Waals surface area contributed by atoms with Gasteiger partial charge in [-0.3, -0.25) is 9.52 Å². The first-order valence-electron chi connectivity index (χ1n) is 8.78. The van der Waals surface area contributed by atoms with Crippen LogP contribution in [0.5, 0.6) is 0 Å². The number of hydrogen-bond donors (Lipinski definition) is 2. The van der Waals surface area contributed by atoms with Crippen molar-refractivity contribution < 1.29 is 13.2 Å². The molecule has 0 bridgehead atoms. The molecule has 0 spiro atoms. The molecule has 1 heterocycles. The van der Waals surface area contributed by atoms with Gasteiger partial charge in [0.2, 0.25) is 10.0 Å². The summed E-state index contributed by atoms with van der Waals surface area (Å²) in [5, 5.41) is 3.22. The molecule has 0 saturated carbocycles. The van der Waals surface area contributed by atoms with E-state index >= 15 is 0 Å². The van der Waals surface area contributed by atoms with Gasteiger partial charge >= 0.3 is 0 Å². The van der Waals surface area contributed by atoms with Crippen molar-refractivity contribution in [3.63, 3.8) is 0 Å². The minimum Gasteiger partial charge on any atom is -0.352 e. The van der Waals surface area contributed by atoms with Gasteiger partial charge in [0.1, 0.15) is 0 Å². The predicted octanol–water partition coefficient (Wildman–Crippen LogP) is 1.47. The topological polar surface area (TPSA) is 81.8 Å². The summed E-state index contributed by atoms with van der Waals surface area (Å²) < 4.78 is 25.3. The summed E-state index contributed by atoms with van der Waals surface area (Å²) >= 11 is 5.95. The highest BCUT2D eigenvalue weighted by Gasteiger charge is 2.16. The Kier molecular flexibility index (Phi) is 7.69. The van der Waals surface area contributed by atoms with Crippen molar-refractivity contribution >= 4 is 33.2 Å². The zero-order chi connectivity index (χ0) is 19.2. The van der Waals surface area contributed by atoms with Crippen LogP contribution in [0.4, 0.5) is 5.69 Å². The zero-order valence-electron chi connectivity index (χ0n) is 15.3. The van der Waals surface area contributed by atoms with Crippen molar-refractivity contribution in [3.8, 4) is 0 Å². The molecule has 0 aliphatic carbocycles. The third-order valence-corrected chi connectivity index (χ3v) is 5.20. The van der Waals surface area contributed by atoms with Gasteiger partial charge in [0, 0.05) is 37.7 Å². The first kappa shape index (κ1) is 21.0. The first-order valence-corrected chi connectivity index (χ1v) is 11.1. The van der Waals surface area contributed by atoms with Gasteiger partial charge in [-0.15, -0.1) is 0 Å². The lowest BCUT2D eigenvalue weighted by Gasteiger charge is -2.33. The lowest BCUT2D eigenvalue weighted by atomic mass is 10.1. The highest BCUT2D eigenvalue weighted by molar-refractivity contribution is 7.92. The Labute approximate surface area is 160 Å². The lowest BCUT2D eigenvalue weighted by molar-refractivity contribution is 0.0949. The van der Waals surface area contributed by atoms with Crippen molar-refractivity contribution in [1.29, 1.82) is 0 Å². The molecular formula is C17H27ClN4O3S. The van der Waals surface area contributed by atoms with Crippen LogP contribution in [-0.2, 0) is 10.0 Å². The van der Waals surface area contributed by atoms with Gasteiger partial charge < -0.3 is 15.1 Å². The van der Waals surface area contributed by atoms with Crippen LogP contribution in [0, 0.1) is 0 Å². The van der Waals surface area contributed by atoms with Gasteiger partial charge in [-0.25, -0.2) is 8.42 Å². The number of rotatable bonds is 8. The molecule has 0 atom stereocenters. The van der Waals surface area contributed by atoms with Crippen LogP contribution in [0.3, 0.4) is 0 Å². The Hall–Kier alpha value is -1.35. The third-order valence-electron chi connectivity index (χ3n) is 4.37. The fourth-order valence-electron chi connectivity index (χ4n) is 2.92. The van der Waals surface area contributed by atoms with Crippen LogP contribution in [0.1, 0.15) is 23.7 Å². The Balaban J connectivity index is 1.83. The van der Waals surface area contributed by atoms with Gasteiger partial charge in [-0.05, 0) is 37.7 Å². The molecule has 1 aromatic carbocycles. The minimum atomic E-state index is -3.48. The van der Waals surface area contributed by atoms with E-state index in [9.17, 15) is 13.2 Å². The fraction of sp³-hybridized carbons (Fsp3) is 0.588. The maximum absolute atomic E-state index is 12.4. The molecule has 9 heteroatoms. The Bertz CT molecular complexity index is 719. The number of likely N-dealkylation sites (N-methyl/N-ethyl adjacent to an activating group) is 1. The molecule has 1 aliphatic heterocycles. The van der Waals surface area contributed by atoms with Gasteiger partial charge in [0.25, 0.3) is 5.91 Å². The maximum atomic E-state index is 12.4. The number of nitrogens with zero attached hydrogens (tertiary/aromatic N) is 2. The summed E-state index contributed by atoms with van der Waals surface area (Å²) in [7, 11) is -3.48. The quantitative estimate of drug-likeness (QED) is 0.643. The molecule has 2 rings (SSSR count). The standard InChI is InChI=1S/C17H27ClN4O3S/c1-3-21-9-11-22(12-10-21)8-4-7-19-17(23)15-13-14(18)5-6-16(15)20-26(2,24)25/h5-6,13,20H,3-4,7-12H2,1-2H3,(H,19,23). The van der Waals surface area contributed by atoms with Crippen LogP contribution in [0.15, 0.2) is 18.2 Å². The molecule has 1 aliphatic rings. The number of benzene rings is 1. The molecule has 7 nitrogen and oxygen atoms in total. The molecule has 0 aromatic heterocycles. The second-order valence-corrected chi connectivity index (χ2v) is 8.63. The smallest absolute Gasteiger partial charge is 0.253 e. The Morgan fingerprint density at radius 3 is 2.46 bits per heavy atom. The van der Waals surface area contributed by atoms with Crippen LogP contribution >= 0.6 is 11.6 Å². The van der Waals surface area contributed by atoms with Crippen LogP contribution in [0.2, 0.25) is 5.02 Å². The number of sulfonamides is 1. The second kappa shape index (κ2) is 9.55. The largest absolute Gasteiger partial charge is 0.352 e. The highest BCUT2D eigenvalue weighted by atomic mass is 35.5. The van der Waals surface area contributed by atoms with Crippen LogP contribution in [0.25, 0.3) is 0 Å². The number of piperazine rings is 1. The monoisotopic (exact) mass is 402 g/mol. The van der Waals surface area contributed by atoms with E-state index in [4.69, 9.17) is 11.6 Å². The molecule has 1 amide bonds. The predicted molar refractivity (Wildman–Crippen MR) is 105 cm³/mol. The van der Waals surface area contributed by atoms with E-state index in [1.807, 2.05) is 0 Å². The number of nitrogens with one attached hydrogen (secondary N) is 2. The van der Waals surface area contributed by atoms with Crippen molar-refractivity contribution in [2.75, 3.05) is 56.8 Å². The number of carbonyl (C=O) groups excluding carboxylic acids is 1. The molecule has 26 heavy (non-hydrogen) atoms. The molecule has 1 saturated heterocycles. The SMILES string of the molecule is CCN1CCN(CCCNC(=O)c2cc(Cl)ccc2NS(C)(=O)=O)CC1. The van der Waals surface area contributed by atoms with Crippen molar-refractivity contribution in [2.24, 2.45) is 0 Å². The number of hydrogen-bond acceptors (Lipinski definition) is 5. The fourth-order valence-corrected chi connectivity index (χ4v) is 3.67. The van der Waals surface area contributed by atoms with Crippen molar-refractivity contribution in [1.82, 2.24) is 15.1 Å². The van der Waals surface area contributed by atoms with E-state index in [-0.39, 0.29) is 17.2 Å². The number of halogens is 1. The first-order chi connectivity index (χ1) is 12.3. The van der Waals surface area contributed by atoms with Crippen molar-refractivity contribution in [2.45, 2.75) is 13.3 Å². The molecular weight excluding hydrogens is 376 g/mol. The second-order valence-electron chi connectivity index (χ2n) is 6.45. The van der Waals surface area contributed by atoms with E-state index in [0.717, 1.165) is 51.9 Å². The maximum Gasteiger partial charge on any atom is 0.253 e. The average Bonchev–Trinajstić information content (AvgIpc) is 2.59. The normalized spacial score (nSPS) is 16.4. The van der Waals surface area contributed by atoms with Gasteiger partial charge in [-0.1, -0.05) is 18.5 Å². The molecule has 146 valence electrons. The van der Waals surface area contributed by atoms with Crippen molar-refractivity contribution in [3.05, 3.63) is 28.8 Å². The zero-order valence-corrected chi connectivity index (χ0v) is 16.9. The number of carbonyl (C=O) groups is 1. The lowest BCUT2D eigenvalue weighted by Crippen LogP contribution is -2.46. The highest BCUT2D eigenvalue weighted by Crippen LogP contribution is 2.21. The minimum absolute atomic E-state index is 0.222. The molecule has 1 aromatic rings. The Morgan fingerprint density at radius 1 is 1.19 bits per heavy atom.